The van der Waals surface area contributed by atoms with Crippen molar-refractivity contribution in [2.45, 2.75) is 59.3 Å². The summed E-state index contributed by atoms with van der Waals surface area (Å²) in [6, 6.07) is 6.95. The average Bonchev–Trinajstić information content (AvgIpc) is 2.58. The summed E-state index contributed by atoms with van der Waals surface area (Å²) in [7, 11) is 0. The number of carbonyl (C=O) groups is 2. The minimum absolute atomic E-state index is 0.134. The summed E-state index contributed by atoms with van der Waals surface area (Å²) in [6.07, 6.45) is 2.71. The van der Waals surface area contributed by atoms with E-state index in [1.807, 2.05) is 51.1 Å². The summed E-state index contributed by atoms with van der Waals surface area (Å²) in [5.74, 6) is 0.269. The van der Waals surface area contributed by atoms with Crippen LogP contribution in [0.25, 0.3) is 6.08 Å². The van der Waals surface area contributed by atoms with E-state index in [0.29, 0.717) is 0 Å². The predicted octanol–water partition coefficient (Wildman–Crippen LogP) is 3.50. The van der Waals surface area contributed by atoms with Crippen LogP contribution in [0.15, 0.2) is 34.9 Å². The van der Waals surface area contributed by atoms with Crippen molar-refractivity contribution in [1.82, 2.24) is 10.7 Å². The molecule has 0 radical (unpaired) electrons. The van der Waals surface area contributed by atoms with Crippen LogP contribution in [0.5, 0.6) is 5.75 Å². The Kier molecular flexibility index (Phi) is 6.83. The maximum atomic E-state index is 12.5. The van der Waals surface area contributed by atoms with E-state index < -0.39 is 23.6 Å². The lowest BCUT2D eigenvalue weighted by Crippen LogP contribution is -2.49. The normalized spacial score (nSPS) is 17.4. The van der Waals surface area contributed by atoms with Gasteiger partial charge in [0.2, 0.25) is 0 Å². The van der Waals surface area contributed by atoms with Gasteiger partial charge in [-0.1, -0.05) is 32.0 Å². The molecule has 28 heavy (non-hydrogen) atoms. The third kappa shape index (κ3) is 6.11. The lowest BCUT2D eigenvalue weighted by molar-refractivity contribution is -0.124. The van der Waals surface area contributed by atoms with Gasteiger partial charge in [-0.15, -0.1) is 0 Å². The molecular weight excluding hydrogens is 358 g/mol. The average molecular weight is 387 g/mol. The molecule has 2 unspecified atom stereocenters. The Balaban J connectivity index is 2.00. The van der Waals surface area contributed by atoms with Gasteiger partial charge in [-0.2, -0.15) is 5.10 Å². The van der Waals surface area contributed by atoms with E-state index in [1.54, 1.807) is 27.0 Å². The molecule has 0 aromatic heterocycles. The van der Waals surface area contributed by atoms with Crippen molar-refractivity contribution < 1.29 is 19.1 Å². The molecule has 1 aliphatic heterocycles. The van der Waals surface area contributed by atoms with E-state index in [9.17, 15) is 9.59 Å². The summed E-state index contributed by atoms with van der Waals surface area (Å²) in [4.78, 5) is 24.4. The van der Waals surface area contributed by atoms with Crippen molar-refractivity contribution >= 4 is 24.3 Å². The van der Waals surface area contributed by atoms with Gasteiger partial charge in [0, 0.05) is 11.1 Å². The molecule has 2 rings (SSSR count). The summed E-state index contributed by atoms with van der Waals surface area (Å²) >= 11 is 0. The van der Waals surface area contributed by atoms with Crippen LogP contribution in [-0.2, 0) is 9.53 Å². The minimum atomic E-state index is -0.762. The summed E-state index contributed by atoms with van der Waals surface area (Å²) in [6.45, 7) is 10.9. The smallest absolute Gasteiger partial charge is 0.408 e. The Morgan fingerprint density at radius 2 is 1.93 bits per heavy atom. The fraction of sp³-hybridized carbons (Fsp3) is 0.476. The van der Waals surface area contributed by atoms with Crippen LogP contribution in [0.1, 0.15) is 47.1 Å². The van der Waals surface area contributed by atoms with Crippen molar-refractivity contribution in [3.63, 3.8) is 0 Å². The maximum absolute atomic E-state index is 12.5. The zero-order valence-electron chi connectivity index (χ0n) is 17.3. The molecule has 0 saturated heterocycles. The standard InChI is InChI=1S/C21H29N3O4/c1-13(2)18(23-20(26)28-21(4,5)6)19(25)24-22-12-16-11-15-9-7-8-10-17(15)27-14(16)3/h7-14,18H,1-6H3,(H,23,26)(H,24,25). The van der Waals surface area contributed by atoms with E-state index in [1.165, 1.54) is 0 Å². The molecular formula is C21H29N3O4. The predicted molar refractivity (Wildman–Crippen MR) is 109 cm³/mol. The summed E-state index contributed by atoms with van der Waals surface area (Å²) < 4.78 is 11.1. The number of nitrogens with one attached hydrogen (secondary N) is 2. The van der Waals surface area contributed by atoms with E-state index in [4.69, 9.17) is 9.47 Å². The third-order valence-corrected chi connectivity index (χ3v) is 4.02. The van der Waals surface area contributed by atoms with Crippen molar-refractivity contribution in [1.29, 1.82) is 0 Å². The van der Waals surface area contributed by atoms with Gasteiger partial charge >= 0.3 is 6.09 Å². The van der Waals surface area contributed by atoms with Gasteiger partial charge in [0.05, 0.1) is 6.21 Å². The van der Waals surface area contributed by atoms with Crippen LogP contribution in [0.2, 0.25) is 0 Å². The molecule has 1 aliphatic rings. The zero-order valence-corrected chi connectivity index (χ0v) is 17.3. The molecule has 0 saturated carbocycles. The van der Waals surface area contributed by atoms with Gasteiger partial charge in [0.15, 0.2) is 0 Å². The van der Waals surface area contributed by atoms with Crippen LogP contribution in [0.4, 0.5) is 4.79 Å². The number of carbonyl (C=O) groups excluding carboxylic acids is 2. The molecule has 1 heterocycles. The number of hydrogen-bond acceptors (Lipinski definition) is 5. The Hall–Kier alpha value is -2.83. The number of hydrogen-bond donors (Lipinski definition) is 2. The fourth-order valence-electron chi connectivity index (χ4n) is 2.61. The van der Waals surface area contributed by atoms with Gasteiger partial charge in [-0.05, 0) is 45.8 Å². The number of fused-ring (bicyclic) bond motifs is 1. The highest BCUT2D eigenvalue weighted by Gasteiger charge is 2.27. The van der Waals surface area contributed by atoms with Crippen LogP contribution in [-0.4, -0.2) is 36.0 Å². The second-order valence-electron chi connectivity index (χ2n) is 8.04. The fourth-order valence-corrected chi connectivity index (χ4v) is 2.61. The molecule has 7 heteroatoms. The quantitative estimate of drug-likeness (QED) is 0.598. The lowest BCUT2D eigenvalue weighted by Gasteiger charge is -2.24. The SMILES string of the molecule is CC1Oc2ccccc2C=C1C=NNC(=O)C(NC(=O)OC(C)(C)C)C(C)C. The molecule has 2 atom stereocenters. The van der Waals surface area contributed by atoms with Crippen molar-refractivity contribution in [3.05, 3.63) is 35.4 Å². The molecule has 1 aromatic rings. The van der Waals surface area contributed by atoms with Crippen LogP contribution < -0.4 is 15.5 Å². The molecule has 0 fully saturated rings. The first-order valence-electron chi connectivity index (χ1n) is 9.36. The Bertz CT molecular complexity index is 778. The first-order valence-corrected chi connectivity index (χ1v) is 9.36. The second-order valence-corrected chi connectivity index (χ2v) is 8.04. The highest BCUT2D eigenvalue weighted by Crippen LogP contribution is 2.28. The van der Waals surface area contributed by atoms with Gasteiger partial charge in [0.25, 0.3) is 5.91 Å². The number of hydrazone groups is 1. The van der Waals surface area contributed by atoms with Crippen molar-refractivity contribution in [2.75, 3.05) is 0 Å². The summed E-state index contributed by atoms with van der Waals surface area (Å²) in [5, 5.41) is 6.64. The molecule has 7 nitrogen and oxygen atoms in total. The summed E-state index contributed by atoms with van der Waals surface area (Å²) in [5.41, 5.74) is 3.64. The highest BCUT2D eigenvalue weighted by molar-refractivity contribution is 5.91. The highest BCUT2D eigenvalue weighted by atomic mass is 16.6. The van der Waals surface area contributed by atoms with Gasteiger partial charge in [0.1, 0.15) is 23.5 Å². The second kappa shape index (κ2) is 8.91. The molecule has 0 bridgehead atoms. The van der Waals surface area contributed by atoms with Crippen LogP contribution in [0.3, 0.4) is 0 Å². The van der Waals surface area contributed by atoms with Crippen molar-refractivity contribution in [3.8, 4) is 5.75 Å². The van der Waals surface area contributed by atoms with E-state index in [-0.39, 0.29) is 12.0 Å². The number of benzene rings is 1. The van der Waals surface area contributed by atoms with Gasteiger partial charge in [-0.3, -0.25) is 4.79 Å². The molecule has 2 amide bonds. The van der Waals surface area contributed by atoms with Crippen LogP contribution >= 0.6 is 0 Å². The molecule has 152 valence electrons. The largest absolute Gasteiger partial charge is 0.485 e. The van der Waals surface area contributed by atoms with Gasteiger partial charge < -0.3 is 14.8 Å². The maximum Gasteiger partial charge on any atom is 0.408 e. The zero-order chi connectivity index (χ0) is 20.9. The molecule has 2 N–H and O–H groups in total. The first-order chi connectivity index (χ1) is 13.1. The number of amides is 2. The number of para-hydroxylation sites is 1. The minimum Gasteiger partial charge on any atom is -0.485 e. The van der Waals surface area contributed by atoms with Crippen LogP contribution in [0, 0.1) is 5.92 Å². The first kappa shape index (κ1) is 21.5. The van der Waals surface area contributed by atoms with E-state index in [0.717, 1.165) is 16.9 Å². The topological polar surface area (TPSA) is 89.0 Å². The number of rotatable bonds is 5. The van der Waals surface area contributed by atoms with E-state index in [2.05, 4.69) is 15.8 Å². The number of alkyl carbamates (subject to hydrolysis) is 1. The Labute approximate surface area is 166 Å². The molecule has 1 aromatic carbocycles. The lowest BCUT2D eigenvalue weighted by atomic mass is 10.0. The van der Waals surface area contributed by atoms with Gasteiger partial charge in [-0.25, -0.2) is 10.2 Å². The van der Waals surface area contributed by atoms with E-state index >= 15 is 0 Å². The Morgan fingerprint density at radius 1 is 1.25 bits per heavy atom. The molecule has 0 aliphatic carbocycles. The number of ether oxygens (including phenoxy) is 2. The monoisotopic (exact) mass is 387 g/mol. The Morgan fingerprint density at radius 3 is 2.57 bits per heavy atom. The molecule has 0 spiro atoms. The third-order valence-electron chi connectivity index (χ3n) is 4.02. The van der Waals surface area contributed by atoms with Crippen molar-refractivity contribution in [2.24, 2.45) is 11.0 Å². The number of nitrogens with zero attached hydrogens (tertiary/aromatic N) is 1.